The number of hydrogen-bond acceptors (Lipinski definition) is 1. The van der Waals surface area contributed by atoms with Crippen LogP contribution in [0.15, 0.2) is 30.3 Å². The molecule has 0 aromatic heterocycles. The van der Waals surface area contributed by atoms with E-state index >= 15 is 0 Å². The van der Waals surface area contributed by atoms with Crippen LogP contribution in [-0.4, -0.2) is 11.7 Å². The average molecular weight is 222 g/mol. The van der Waals surface area contributed by atoms with Gasteiger partial charge in [0, 0.05) is 13.1 Å². The van der Waals surface area contributed by atoms with Crippen molar-refractivity contribution in [2.75, 3.05) is 6.54 Å². The zero-order chi connectivity index (χ0) is 10.9. The fourth-order valence-corrected chi connectivity index (χ4v) is 1.39. The van der Waals surface area contributed by atoms with Gasteiger partial charge in [0.05, 0.1) is 0 Å². The minimum atomic E-state index is 0.743. The van der Waals surface area contributed by atoms with E-state index in [-0.39, 0.29) is 0 Å². The second-order valence-electron chi connectivity index (χ2n) is 3.45. The van der Waals surface area contributed by atoms with Crippen LogP contribution in [0.25, 0.3) is 0 Å². The molecule has 0 aliphatic rings. The fourth-order valence-electron chi connectivity index (χ4n) is 1.22. The van der Waals surface area contributed by atoms with E-state index in [1.165, 1.54) is 12.0 Å². The Bertz CT molecular complexity index is 285. The summed E-state index contributed by atoms with van der Waals surface area (Å²) in [7, 11) is 0. The van der Waals surface area contributed by atoms with Gasteiger partial charge in [-0.05, 0) is 24.2 Å². The van der Waals surface area contributed by atoms with Crippen molar-refractivity contribution in [1.82, 2.24) is 10.6 Å². The average Bonchev–Trinajstić information content (AvgIpc) is 2.28. The summed E-state index contributed by atoms with van der Waals surface area (Å²) in [6.07, 6.45) is 2.35. The summed E-state index contributed by atoms with van der Waals surface area (Å²) in [4.78, 5) is 0. The van der Waals surface area contributed by atoms with Crippen LogP contribution in [0.1, 0.15) is 25.3 Å². The van der Waals surface area contributed by atoms with Crippen LogP contribution in [0.5, 0.6) is 0 Å². The normalized spacial score (nSPS) is 9.67. The molecule has 1 aromatic rings. The standard InChI is InChI=1S/C12H18N2S/c1-2-3-9-13-12(15)14-10-11-7-5-4-6-8-11/h4-8H,2-3,9-10H2,1H3,(H2,13,14,15). The Labute approximate surface area is 97.1 Å². The molecule has 0 amide bonds. The number of thiocarbonyl (C=S) groups is 1. The summed E-state index contributed by atoms with van der Waals surface area (Å²) >= 11 is 5.14. The maximum absolute atomic E-state index is 5.14. The topological polar surface area (TPSA) is 24.1 Å². The Hall–Kier alpha value is -1.09. The Morgan fingerprint density at radius 1 is 1.20 bits per heavy atom. The van der Waals surface area contributed by atoms with Crippen LogP contribution in [-0.2, 0) is 6.54 Å². The van der Waals surface area contributed by atoms with Crippen molar-refractivity contribution in [1.29, 1.82) is 0 Å². The Balaban J connectivity index is 2.17. The number of hydrogen-bond donors (Lipinski definition) is 2. The SMILES string of the molecule is CCCCNC(=S)NCc1ccccc1. The van der Waals surface area contributed by atoms with Crippen molar-refractivity contribution in [2.24, 2.45) is 0 Å². The van der Waals surface area contributed by atoms with Crippen LogP contribution < -0.4 is 10.6 Å². The third kappa shape index (κ3) is 5.37. The van der Waals surface area contributed by atoms with Crippen LogP contribution in [0.2, 0.25) is 0 Å². The molecule has 82 valence electrons. The molecule has 0 fully saturated rings. The third-order valence-electron chi connectivity index (χ3n) is 2.11. The smallest absolute Gasteiger partial charge is 0.166 e. The molecule has 0 aliphatic carbocycles. The number of benzene rings is 1. The minimum absolute atomic E-state index is 0.743. The predicted molar refractivity (Wildman–Crippen MR) is 68.8 cm³/mol. The Kier molecular flexibility index (Phi) is 5.78. The lowest BCUT2D eigenvalue weighted by Crippen LogP contribution is -2.35. The van der Waals surface area contributed by atoms with Gasteiger partial charge in [-0.1, -0.05) is 43.7 Å². The molecule has 0 saturated carbocycles. The van der Waals surface area contributed by atoms with Crippen LogP contribution >= 0.6 is 12.2 Å². The summed E-state index contributed by atoms with van der Waals surface area (Å²) in [6.45, 7) is 3.91. The summed E-state index contributed by atoms with van der Waals surface area (Å²) in [5.74, 6) is 0. The zero-order valence-corrected chi connectivity index (χ0v) is 9.94. The number of unbranched alkanes of at least 4 members (excludes halogenated alkanes) is 1. The zero-order valence-electron chi connectivity index (χ0n) is 9.12. The first-order chi connectivity index (χ1) is 7.33. The third-order valence-corrected chi connectivity index (χ3v) is 2.40. The highest BCUT2D eigenvalue weighted by Gasteiger charge is 1.94. The first kappa shape index (κ1) is 12.0. The van der Waals surface area contributed by atoms with E-state index in [1.807, 2.05) is 18.2 Å². The highest BCUT2D eigenvalue weighted by molar-refractivity contribution is 7.80. The second kappa shape index (κ2) is 7.23. The van der Waals surface area contributed by atoms with Gasteiger partial charge in [0.15, 0.2) is 5.11 Å². The summed E-state index contributed by atoms with van der Waals surface area (Å²) in [6, 6.07) is 10.2. The molecule has 0 spiro atoms. The van der Waals surface area contributed by atoms with Crippen LogP contribution in [0.3, 0.4) is 0 Å². The predicted octanol–water partition coefficient (Wildman–Crippen LogP) is 2.45. The van der Waals surface area contributed by atoms with E-state index in [0.717, 1.165) is 24.6 Å². The second-order valence-corrected chi connectivity index (χ2v) is 3.86. The minimum Gasteiger partial charge on any atom is -0.363 e. The van der Waals surface area contributed by atoms with E-state index in [1.54, 1.807) is 0 Å². The van der Waals surface area contributed by atoms with Gasteiger partial charge in [0.2, 0.25) is 0 Å². The largest absolute Gasteiger partial charge is 0.363 e. The van der Waals surface area contributed by atoms with Gasteiger partial charge in [-0.2, -0.15) is 0 Å². The van der Waals surface area contributed by atoms with Gasteiger partial charge >= 0.3 is 0 Å². The van der Waals surface area contributed by atoms with Crippen molar-refractivity contribution in [2.45, 2.75) is 26.3 Å². The molecule has 3 heteroatoms. The Morgan fingerprint density at radius 2 is 1.93 bits per heavy atom. The molecule has 1 rings (SSSR count). The first-order valence-electron chi connectivity index (χ1n) is 5.38. The number of rotatable bonds is 5. The highest BCUT2D eigenvalue weighted by Crippen LogP contribution is 1.96. The van der Waals surface area contributed by atoms with Gasteiger partial charge < -0.3 is 10.6 Å². The molecule has 15 heavy (non-hydrogen) atoms. The lowest BCUT2D eigenvalue weighted by atomic mass is 10.2. The van der Waals surface area contributed by atoms with Crippen molar-refractivity contribution < 1.29 is 0 Å². The molecule has 0 atom stereocenters. The monoisotopic (exact) mass is 222 g/mol. The van der Waals surface area contributed by atoms with Gasteiger partial charge in [0.25, 0.3) is 0 Å². The van der Waals surface area contributed by atoms with Crippen LogP contribution in [0, 0.1) is 0 Å². The lowest BCUT2D eigenvalue weighted by Gasteiger charge is -2.09. The molecule has 0 unspecified atom stereocenters. The van der Waals surface area contributed by atoms with Crippen molar-refractivity contribution in [3.63, 3.8) is 0 Å². The molecule has 0 aliphatic heterocycles. The molecular weight excluding hydrogens is 204 g/mol. The Morgan fingerprint density at radius 3 is 2.60 bits per heavy atom. The van der Waals surface area contributed by atoms with Crippen molar-refractivity contribution in [3.05, 3.63) is 35.9 Å². The van der Waals surface area contributed by atoms with E-state index in [0.29, 0.717) is 0 Å². The summed E-state index contributed by atoms with van der Waals surface area (Å²) in [5.41, 5.74) is 1.25. The first-order valence-corrected chi connectivity index (χ1v) is 5.79. The molecule has 1 aromatic carbocycles. The van der Waals surface area contributed by atoms with Gasteiger partial charge in [0.1, 0.15) is 0 Å². The fraction of sp³-hybridized carbons (Fsp3) is 0.417. The highest BCUT2D eigenvalue weighted by atomic mass is 32.1. The molecule has 0 radical (unpaired) electrons. The quantitative estimate of drug-likeness (QED) is 0.591. The van der Waals surface area contributed by atoms with E-state index in [4.69, 9.17) is 12.2 Å². The van der Waals surface area contributed by atoms with E-state index < -0.39 is 0 Å². The van der Waals surface area contributed by atoms with Crippen molar-refractivity contribution in [3.8, 4) is 0 Å². The molecule has 0 saturated heterocycles. The molecular formula is C12H18N2S. The molecule has 2 nitrogen and oxygen atoms in total. The van der Waals surface area contributed by atoms with Crippen LogP contribution in [0.4, 0.5) is 0 Å². The van der Waals surface area contributed by atoms with Gasteiger partial charge in [-0.3, -0.25) is 0 Å². The number of nitrogens with one attached hydrogen (secondary N) is 2. The van der Waals surface area contributed by atoms with Crippen molar-refractivity contribution >= 4 is 17.3 Å². The maximum atomic E-state index is 5.14. The molecule has 0 heterocycles. The summed E-state index contributed by atoms with van der Waals surface area (Å²) in [5, 5.41) is 7.10. The van der Waals surface area contributed by atoms with Gasteiger partial charge in [-0.25, -0.2) is 0 Å². The summed E-state index contributed by atoms with van der Waals surface area (Å²) < 4.78 is 0. The molecule has 0 bridgehead atoms. The lowest BCUT2D eigenvalue weighted by molar-refractivity contribution is 0.739. The maximum Gasteiger partial charge on any atom is 0.166 e. The van der Waals surface area contributed by atoms with E-state index in [2.05, 4.69) is 29.7 Å². The van der Waals surface area contributed by atoms with E-state index in [9.17, 15) is 0 Å². The van der Waals surface area contributed by atoms with Gasteiger partial charge in [-0.15, -0.1) is 0 Å². The molecule has 2 N–H and O–H groups in total.